The molecule has 0 aromatic rings. The summed E-state index contributed by atoms with van der Waals surface area (Å²) >= 11 is 0. The van der Waals surface area contributed by atoms with Crippen LogP contribution in [0.3, 0.4) is 0 Å². The average Bonchev–Trinajstić information content (AvgIpc) is 2.26. The highest BCUT2D eigenvalue weighted by molar-refractivity contribution is 8.27. The summed E-state index contributed by atoms with van der Waals surface area (Å²) in [4.78, 5) is 2.36. The lowest BCUT2D eigenvalue weighted by Crippen LogP contribution is -2.38. The van der Waals surface area contributed by atoms with Crippen molar-refractivity contribution in [2.24, 2.45) is 0 Å². The van der Waals surface area contributed by atoms with Crippen LogP contribution >= 0.6 is 0 Å². The van der Waals surface area contributed by atoms with Crippen molar-refractivity contribution in [1.82, 2.24) is 0 Å². The molecule has 0 aromatic heterocycles. The first-order valence-electron chi connectivity index (χ1n) is 6.36. The summed E-state index contributed by atoms with van der Waals surface area (Å²) in [6.45, 7) is 9.17. The van der Waals surface area contributed by atoms with Gasteiger partial charge in [0.1, 0.15) is 0 Å². The van der Waals surface area contributed by atoms with Crippen molar-refractivity contribution in [2.75, 3.05) is 0 Å². The highest BCUT2D eigenvalue weighted by atomic mass is 32.3. The molecule has 0 aliphatic rings. The van der Waals surface area contributed by atoms with Crippen molar-refractivity contribution in [3.63, 3.8) is 0 Å². The van der Waals surface area contributed by atoms with Crippen LogP contribution < -0.4 is 0 Å². The normalized spacial score (nSPS) is 13.8. The molecule has 0 atom stereocenters. The van der Waals surface area contributed by atoms with Crippen molar-refractivity contribution in [3.05, 3.63) is 5.53 Å². The van der Waals surface area contributed by atoms with Crippen molar-refractivity contribution >= 4 is 24.6 Å². The van der Waals surface area contributed by atoms with E-state index in [0.717, 1.165) is 0 Å². The number of rotatable bonds is 6. The second-order valence-electron chi connectivity index (χ2n) is 5.67. The van der Waals surface area contributed by atoms with Crippen LogP contribution in [-0.2, 0) is 28.6 Å². The third-order valence-corrected chi connectivity index (χ3v) is 6.47. The van der Waals surface area contributed by atoms with E-state index in [1.165, 1.54) is 27.7 Å². The van der Waals surface area contributed by atoms with Gasteiger partial charge in [0.25, 0.3) is 0 Å². The Balaban J connectivity index is 5.71. The zero-order valence-corrected chi connectivity index (χ0v) is 14.7. The summed E-state index contributed by atoms with van der Waals surface area (Å²) < 4.78 is 56.0. The molecule has 0 bridgehead atoms. The van der Waals surface area contributed by atoms with Crippen LogP contribution in [0.25, 0.3) is 5.53 Å². The molecule has 124 valence electrons. The summed E-state index contributed by atoms with van der Waals surface area (Å²) in [6.07, 6.45) is 0.596. The summed E-state index contributed by atoms with van der Waals surface area (Å²) in [5.74, 6) is 0. The lowest BCUT2D eigenvalue weighted by atomic mass is 10.1. The van der Waals surface area contributed by atoms with Gasteiger partial charge >= 0.3 is 24.6 Å². The molecule has 0 aromatic carbocycles. The van der Waals surface area contributed by atoms with Crippen LogP contribution in [0.5, 0.6) is 0 Å². The zero-order valence-electron chi connectivity index (χ0n) is 13.1. The van der Waals surface area contributed by atoms with Crippen LogP contribution in [0.2, 0.25) is 0 Å². The van der Waals surface area contributed by atoms with Crippen LogP contribution in [-0.4, -0.2) is 37.2 Å². The first-order chi connectivity index (χ1) is 9.23. The van der Waals surface area contributed by atoms with Crippen LogP contribution in [0.4, 0.5) is 0 Å². The Bertz CT molecular complexity index is 578. The quantitative estimate of drug-likeness (QED) is 0.238. The molecular formula is C11H22N2O6S2. The largest absolute Gasteiger partial charge is 0.546 e. The molecule has 0 fully saturated rings. The van der Waals surface area contributed by atoms with Crippen LogP contribution in [0.1, 0.15) is 54.4 Å². The van der Waals surface area contributed by atoms with Gasteiger partial charge in [-0.3, -0.25) is 8.37 Å². The molecule has 0 radical (unpaired) electrons. The maximum Gasteiger partial charge on any atom is 0.546 e. The zero-order chi connectivity index (χ0) is 17.1. The fourth-order valence-electron chi connectivity index (χ4n) is 1.01. The summed E-state index contributed by atoms with van der Waals surface area (Å²) in [7, 11) is -9.59. The van der Waals surface area contributed by atoms with Gasteiger partial charge in [-0.1, -0.05) is 13.8 Å². The molecule has 10 heteroatoms. The highest BCUT2D eigenvalue weighted by Crippen LogP contribution is 2.23. The fourth-order valence-corrected chi connectivity index (χ4v) is 3.98. The molecule has 0 amide bonds. The first-order valence-corrected chi connectivity index (χ1v) is 9.18. The van der Waals surface area contributed by atoms with E-state index in [9.17, 15) is 16.8 Å². The van der Waals surface area contributed by atoms with E-state index in [1.807, 2.05) is 0 Å². The molecule has 0 aliphatic heterocycles. The lowest BCUT2D eigenvalue weighted by molar-refractivity contribution is -0.000937. The topological polar surface area (TPSA) is 123 Å². The standard InChI is InChI=1S/C11H22N2O6S2/c1-7-10(3,4)18-20(14,15)9(13-12)21(16,17)19-11(5,6)8-2/h7-8H2,1-6H3. The Morgan fingerprint density at radius 1 is 0.905 bits per heavy atom. The first kappa shape index (κ1) is 20.2. The monoisotopic (exact) mass is 342 g/mol. The Morgan fingerprint density at radius 2 is 1.19 bits per heavy atom. The van der Waals surface area contributed by atoms with Crippen molar-refractivity contribution < 1.29 is 30.0 Å². The second kappa shape index (κ2) is 6.53. The minimum atomic E-state index is -4.79. The molecular weight excluding hydrogens is 320 g/mol. The van der Waals surface area contributed by atoms with Gasteiger partial charge in [0, 0.05) is 0 Å². The number of hydrogen-bond donors (Lipinski definition) is 0. The minimum absolute atomic E-state index is 0.298. The van der Waals surface area contributed by atoms with Crippen molar-refractivity contribution in [1.29, 1.82) is 0 Å². The minimum Gasteiger partial charge on any atom is -0.359 e. The molecule has 0 N–H and O–H groups in total. The van der Waals surface area contributed by atoms with Gasteiger partial charge in [0.05, 0.1) is 11.2 Å². The molecule has 0 aliphatic carbocycles. The molecule has 0 rings (SSSR count). The van der Waals surface area contributed by atoms with Crippen molar-refractivity contribution in [3.8, 4) is 0 Å². The van der Waals surface area contributed by atoms with E-state index in [1.54, 1.807) is 13.8 Å². The molecule has 0 heterocycles. The maximum atomic E-state index is 12.0. The van der Waals surface area contributed by atoms with E-state index >= 15 is 0 Å². The van der Waals surface area contributed by atoms with Gasteiger partial charge in [-0.25, -0.2) is 0 Å². The van der Waals surface area contributed by atoms with Gasteiger partial charge in [-0.05, 0) is 40.5 Å². The fraction of sp³-hybridized carbons (Fsp3) is 0.909. The van der Waals surface area contributed by atoms with Gasteiger partial charge < -0.3 is 5.53 Å². The smallest absolute Gasteiger partial charge is 0.359 e. The predicted octanol–water partition coefficient (Wildman–Crippen LogP) is 1.64. The highest BCUT2D eigenvalue weighted by Gasteiger charge is 2.48. The Hall–Kier alpha value is -0.800. The second-order valence-corrected chi connectivity index (χ2v) is 8.85. The Morgan fingerprint density at radius 3 is 1.38 bits per heavy atom. The van der Waals surface area contributed by atoms with Gasteiger partial charge in [0.15, 0.2) is 0 Å². The third-order valence-electron chi connectivity index (χ3n) is 2.88. The predicted molar refractivity (Wildman–Crippen MR) is 77.4 cm³/mol. The Kier molecular flexibility index (Phi) is 6.28. The van der Waals surface area contributed by atoms with E-state index in [0.29, 0.717) is 12.8 Å². The van der Waals surface area contributed by atoms with Gasteiger partial charge in [-0.2, -0.15) is 16.8 Å². The SMILES string of the molecule is CCC(C)(C)OS(=O)(=O)C(=[N+]=[N-])S(=O)(=O)OC(C)(C)CC. The van der Waals surface area contributed by atoms with Crippen LogP contribution in [0, 0.1) is 0 Å². The summed E-state index contributed by atoms with van der Waals surface area (Å²) in [5.41, 5.74) is 6.51. The van der Waals surface area contributed by atoms with E-state index in [4.69, 9.17) is 13.9 Å². The molecule has 0 saturated carbocycles. The van der Waals surface area contributed by atoms with Gasteiger partial charge in [0.2, 0.25) is 0 Å². The molecule has 21 heavy (non-hydrogen) atoms. The Labute approximate surface area is 126 Å². The summed E-state index contributed by atoms with van der Waals surface area (Å²) in [6, 6.07) is 0. The van der Waals surface area contributed by atoms with E-state index < -0.39 is 35.8 Å². The van der Waals surface area contributed by atoms with E-state index in [2.05, 4.69) is 4.79 Å². The molecule has 0 saturated heterocycles. The molecule has 0 spiro atoms. The molecule has 8 nitrogen and oxygen atoms in total. The number of hydrogen-bond acceptors (Lipinski definition) is 6. The maximum absolute atomic E-state index is 12.0. The van der Waals surface area contributed by atoms with Crippen molar-refractivity contribution in [2.45, 2.75) is 65.6 Å². The average molecular weight is 342 g/mol. The van der Waals surface area contributed by atoms with E-state index in [-0.39, 0.29) is 0 Å². The third kappa shape index (κ3) is 5.84. The summed E-state index contributed by atoms with van der Waals surface area (Å²) in [5, 5.41) is 0. The number of nitrogens with zero attached hydrogens (tertiary/aromatic N) is 2. The lowest BCUT2D eigenvalue weighted by Gasteiger charge is -2.22. The van der Waals surface area contributed by atoms with Gasteiger partial charge in [-0.15, -0.1) is 4.79 Å². The van der Waals surface area contributed by atoms with Crippen LogP contribution in [0.15, 0.2) is 0 Å². The molecule has 0 unspecified atom stereocenters.